The highest BCUT2D eigenvalue weighted by molar-refractivity contribution is 5.90. The van der Waals surface area contributed by atoms with Gasteiger partial charge < -0.3 is 25.2 Å². The fourth-order valence-electron chi connectivity index (χ4n) is 4.53. The van der Waals surface area contributed by atoms with E-state index in [0.29, 0.717) is 0 Å². The maximum absolute atomic E-state index is 13.3. The Kier molecular flexibility index (Phi) is 8.51. The van der Waals surface area contributed by atoms with Crippen molar-refractivity contribution in [3.05, 3.63) is 59.7 Å². The number of carboxylic acids is 1. The van der Waals surface area contributed by atoms with E-state index >= 15 is 0 Å². The molecule has 0 aromatic heterocycles. The van der Waals surface area contributed by atoms with Gasteiger partial charge in [-0.25, -0.2) is 4.79 Å². The van der Waals surface area contributed by atoms with E-state index < -0.39 is 29.6 Å². The Hall–Kier alpha value is -3.39. The zero-order chi connectivity index (χ0) is 25.6. The van der Waals surface area contributed by atoms with Crippen molar-refractivity contribution in [1.82, 2.24) is 10.6 Å². The Bertz CT molecular complexity index is 1020. The van der Waals surface area contributed by atoms with Gasteiger partial charge in [-0.15, -0.1) is 0 Å². The van der Waals surface area contributed by atoms with Crippen molar-refractivity contribution in [2.45, 2.75) is 51.1 Å². The van der Waals surface area contributed by atoms with Crippen LogP contribution in [0.2, 0.25) is 0 Å². The molecule has 8 heteroatoms. The normalized spacial score (nSPS) is 15.0. The number of benzene rings is 2. The minimum absolute atomic E-state index is 0.0859. The van der Waals surface area contributed by atoms with Crippen molar-refractivity contribution < 1.29 is 29.0 Å². The number of hydrogen-bond acceptors (Lipinski definition) is 5. The van der Waals surface area contributed by atoms with Crippen LogP contribution in [0.5, 0.6) is 0 Å². The summed E-state index contributed by atoms with van der Waals surface area (Å²) in [5.41, 5.74) is 3.02. The van der Waals surface area contributed by atoms with Gasteiger partial charge in [-0.3, -0.25) is 9.59 Å². The standard InChI is InChI=1S/C27H34N2O6/c1-5-27(16-34-4,25(32)28-23(17(2)3)14-24(30)31)29-26(33)35-15-22-20-12-8-6-10-18(20)19-11-7-9-13-21(19)22/h6-13,17,22-23H,5,14-16H2,1-4H3,(H,28,32)(H,29,33)(H,30,31)/t23-,27?/m1/s1. The first-order valence-electron chi connectivity index (χ1n) is 11.9. The number of methoxy groups -OCH3 is 1. The molecule has 2 aromatic carbocycles. The third-order valence-corrected chi connectivity index (χ3v) is 6.63. The van der Waals surface area contributed by atoms with Crippen LogP contribution in [0.3, 0.4) is 0 Å². The number of fused-ring (bicyclic) bond motifs is 3. The van der Waals surface area contributed by atoms with Gasteiger partial charge in [-0.1, -0.05) is 69.3 Å². The van der Waals surface area contributed by atoms with E-state index in [-0.39, 0.29) is 37.9 Å². The van der Waals surface area contributed by atoms with Gasteiger partial charge in [0.05, 0.1) is 13.0 Å². The van der Waals surface area contributed by atoms with Gasteiger partial charge in [-0.2, -0.15) is 0 Å². The lowest BCUT2D eigenvalue weighted by atomic mass is 9.93. The number of carbonyl (C=O) groups is 3. The van der Waals surface area contributed by atoms with Crippen LogP contribution < -0.4 is 10.6 Å². The molecule has 0 bridgehead atoms. The number of hydrogen-bond donors (Lipinski definition) is 3. The van der Waals surface area contributed by atoms with Gasteiger partial charge in [-0.05, 0) is 34.6 Å². The number of ether oxygens (including phenoxy) is 2. The molecule has 1 aliphatic carbocycles. The SMILES string of the molecule is CCC(COC)(NC(=O)OCC1c2ccccc2-c2ccccc21)C(=O)N[C@H](CC(=O)O)C(C)C. The highest BCUT2D eigenvalue weighted by Crippen LogP contribution is 2.44. The van der Waals surface area contributed by atoms with Crippen molar-refractivity contribution in [3.63, 3.8) is 0 Å². The highest BCUT2D eigenvalue weighted by atomic mass is 16.5. The van der Waals surface area contributed by atoms with Crippen LogP contribution in [0.15, 0.2) is 48.5 Å². The van der Waals surface area contributed by atoms with E-state index in [1.54, 1.807) is 6.92 Å². The molecule has 0 saturated carbocycles. The zero-order valence-corrected chi connectivity index (χ0v) is 20.7. The highest BCUT2D eigenvalue weighted by Gasteiger charge is 2.41. The summed E-state index contributed by atoms with van der Waals surface area (Å²) in [5.74, 6) is -1.74. The van der Waals surface area contributed by atoms with Gasteiger partial charge in [0.15, 0.2) is 0 Å². The Labute approximate surface area is 206 Å². The summed E-state index contributed by atoms with van der Waals surface area (Å²) in [4.78, 5) is 37.4. The second kappa shape index (κ2) is 11.4. The molecule has 0 fully saturated rings. The molecule has 2 amide bonds. The first-order chi connectivity index (χ1) is 16.7. The summed E-state index contributed by atoms with van der Waals surface area (Å²) in [6, 6.07) is 15.5. The van der Waals surface area contributed by atoms with Crippen LogP contribution in [0, 0.1) is 5.92 Å². The Morgan fingerprint density at radius 2 is 1.60 bits per heavy atom. The summed E-state index contributed by atoms with van der Waals surface area (Å²) in [5, 5.41) is 14.7. The Morgan fingerprint density at radius 3 is 2.09 bits per heavy atom. The van der Waals surface area contributed by atoms with E-state index in [1.165, 1.54) is 7.11 Å². The van der Waals surface area contributed by atoms with Crippen LogP contribution in [0.25, 0.3) is 11.1 Å². The molecule has 3 rings (SSSR count). The van der Waals surface area contributed by atoms with Crippen molar-refractivity contribution in [3.8, 4) is 11.1 Å². The van der Waals surface area contributed by atoms with Crippen molar-refractivity contribution in [1.29, 1.82) is 0 Å². The first kappa shape index (κ1) is 26.2. The average molecular weight is 483 g/mol. The van der Waals surface area contributed by atoms with E-state index in [2.05, 4.69) is 22.8 Å². The predicted molar refractivity (Wildman–Crippen MR) is 132 cm³/mol. The molecule has 2 atom stereocenters. The topological polar surface area (TPSA) is 114 Å². The minimum atomic E-state index is -1.40. The largest absolute Gasteiger partial charge is 0.481 e. The van der Waals surface area contributed by atoms with E-state index in [9.17, 15) is 19.5 Å². The van der Waals surface area contributed by atoms with Crippen LogP contribution in [-0.4, -0.2) is 55.0 Å². The fraction of sp³-hybridized carbons (Fsp3) is 0.444. The number of amides is 2. The third kappa shape index (κ3) is 5.82. The summed E-state index contributed by atoms with van der Waals surface area (Å²) in [7, 11) is 1.44. The van der Waals surface area contributed by atoms with Gasteiger partial charge in [0, 0.05) is 19.1 Å². The molecule has 8 nitrogen and oxygen atoms in total. The smallest absolute Gasteiger partial charge is 0.408 e. The number of carboxylic acid groups (broad SMARTS) is 1. The molecular formula is C27H34N2O6. The summed E-state index contributed by atoms with van der Waals surface area (Å²) < 4.78 is 10.9. The maximum atomic E-state index is 13.3. The van der Waals surface area contributed by atoms with Gasteiger partial charge >= 0.3 is 12.1 Å². The van der Waals surface area contributed by atoms with Crippen molar-refractivity contribution in [2.75, 3.05) is 20.3 Å². The molecule has 0 heterocycles. The molecule has 35 heavy (non-hydrogen) atoms. The van der Waals surface area contributed by atoms with Gasteiger partial charge in [0.25, 0.3) is 0 Å². The second-order valence-electron chi connectivity index (χ2n) is 9.24. The Balaban J connectivity index is 1.73. The molecule has 1 aliphatic rings. The molecule has 3 N–H and O–H groups in total. The number of nitrogens with one attached hydrogen (secondary N) is 2. The van der Waals surface area contributed by atoms with Crippen LogP contribution in [-0.2, 0) is 19.1 Å². The average Bonchev–Trinajstić information content (AvgIpc) is 3.15. The van der Waals surface area contributed by atoms with Crippen molar-refractivity contribution >= 4 is 18.0 Å². The molecule has 0 aliphatic heterocycles. The molecule has 0 spiro atoms. The van der Waals surface area contributed by atoms with Crippen LogP contribution in [0.4, 0.5) is 4.79 Å². The summed E-state index contributed by atoms with van der Waals surface area (Å²) in [6.07, 6.45) is -0.726. The van der Waals surface area contributed by atoms with Crippen molar-refractivity contribution in [2.24, 2.45) is 5.92 Å². The van der Waals surface area contributed by atoms with Gasteiger partial charge in [0.2, 0.25) is 5.91 Å². The number of rotatable bonds is 11. The van der Waals surface area contributed by atoms with E-state index in [1.807, 2.05) is 50.2 Å². The predicted octanol–water partition coefficient (Wildman–Crippen LogP) is 3.94. The third-order valence-electron chi connectivity index (χ3n) is 6.63. The Morgan fingerprint density at radius 1 is 1.03 bits per heavy atom. The fourth-order valence-corrected chi connectivity index (χ4v) is 4.53. The maximum Gasteiger partial charge on any atom is 0.408 e. The summed E-state index contributed by atoms with van der Waals surface area (Å²) >= 11 is 0. The number of alkyl carbamates (subject to hydrolysis) is 1. The molecule has 188 valence electrons. The first-order valence-corrected chi connectivity index (χ1v) is 11.9. The molecule has 2 aromatic rings. The molecular weight excluding hydrogens is 448 g/mol. The summed E-state index contributed by atoms with van der Waals surface area (Å²) in [6.45, 7) is 5.44. The minimum Gasteiger partial charge on any atom is -0.481 e. The van der Waals surface area contributed by atoms with Crippen LogP contribution in [0.1, 0.15) is 50.7 Å². The molecule has 0 saturated heterocycles. The van der Waals surface area contributed by atoms with E-state index in [0.717, 1.165) is 22.3 Å². The lowest BCUT2D eigenvalue weighted by Gasteiger charge is -2.34. The molecule has 0 radical (unpaired) electrons. The van der Waals surface area contributed by atoms with E-state index in [4.69, 9.17) is 9.47 Å². The zero-order valence-electron chi connectivity index (χ0n) is 20.7. The molecule has 1 unspecified atom stereocenters. The van der Waals surface area contributed by atoms with Gasteiger partial charge in [0.1, 0.15) is 12.1 Å². The van der Waals surface area contributed by atoms with Crippen LogP contribution >= 0.6 is 0 Å². The number of aliphatic carboxylic acids is 1. The lowest BCUT2D eigenvalue weighted by molar-refractivity contribution is -0.138. The monoisotopic (exact) mass is 482 g/mol. The second-order valence-corrected chi connectivity index (χ2v) is 9.24. The quantitative estimate of drug-likeness (QED) is 0.447. The number of carbonyl (C=O) groups excluding carboxylic acids is 2. The lowest BCUT2D eigenvalue weighted by Crippen LogP contribution is -2.63.